The van der Waals surface area contributed by atoms with Crippen molar-refractivity contribution in [2.24, 2.45) is 0 Å². The van der Waals surface area contributed by atoms with Gasteiger partial charge in [0, 0.05) is 45.4 Å². The molecule has 4 rings (SSSR count). The first-order valence-electron chi connectivity index (χ1n) is 10.2. The second-order valence-corrected chi connectivity index (χ2v) is 7.78. The summed E-state index contributed by atoms with van der Waals surface area (Å²) in [7, 11) is 0. The molecule has 2 aliphatic rings. The molecule has 0 bridgehead atoms. The Bertz CT molecular complexity index is 795. The van der Waals surface area contributed by atoms with E-state index in [2.05, 4.69) is 53.1 Å². The largest absolute Gasteiger partial charge is 0.486 e. The Balaban J connectivity index is 1.40. The van der Waals surface area contributed by atoms with Gasteiger partial charge in [-0.3, -0.25) is 9.80 Å². The summed E-state index contributed by atoms with van der Waals surface area (Å²) >= 11 is 0. The first-order valence-corrected chi connectivity index (χ1v) is 10.2. The average molecular weight is 383 g/mol. The van der Waals surface area contributed by atoms with E-state index in [1.54, 1.807) is 0 Å². The van der Waals surface area contributed by atoms with E-state index in [1.165, 1.54) is 16.7 Å². The fraction of sp³-hybridized carbons (Fsp3) is 0.478. The molecule has 0 aliphatic carbocycles. The SMILES string of the molecule is Cc1ccccc1CN1CCN(Cc2ccc3c(c2)OCCO3)C[C@@H]1CCO. The fourth-order valence-corrected chi connectivity index (χ4v) is 4.18. The Hall–Kier alpha value is -2.08. The van der Waals surface area contributed by atoms with Gasteiger partial charge in [-0.2, -0.15) is 0 Å². The van der Waals surface area contributed by atoms with Crippen molar-refractivity contribution in [3.05, 3.63) is 59.2 Å². The molecule has 1 N–H and O–H groups in total. The van der Waals surface area contributed by atoms with Gasteiger partial charge in [0.15, 0.2) is 11.5 Å². The van der Waals surface area contributed by atoms with Crippen LogP contribution in [0.4, 0.5) is 0 Å². The molecule has 1 saturated heterocycles. The minimum absolute atomic E-state index is 0.229. The summed E-state index contributed by atoms with van der Waals surface area (Å²) in [4.78, 5) is 5.01. The zero-order chi connectivity index (χ0) is 19.3. The third-order valence-corrected chi connectivity index (χ3v) is 5.80. The molecule has 1 atom stereocenters. The van der Waals surface area contributed by atoms with Crippen LogP contribution >= 0.6 is 0 Å². The number of nitrogens with zero attached hydrogens (tertiary/aromatic N) is 2. The van der Waals surface area contributed by atoms with E-state index < -0.39 is 0 Å². The van der Waals surface area contributed by atoms with Crippen LogP contribution in [0.15, 0.2) is 42.5 Å². The smallest absolute Gasteiger partial charge is 0.161 e. The lowest BCUT2D eigenvalue weighted by molar-refractivity contribution is 0.0498. The molecular formula is C23H30N2O3. The molecule has 28 heavy (non-hydrogen) atoms. The van der Waals surface area contributed by atoms with Crippen molar-refractivity contribution >= 4 is 0 Å². The maximum Gasteiger partial charge on any atom is 0.161 e. The van der Waals surface area contributed by atoms with Crippen LogP contribution < -0.4 is 9.47 Å². The van der Waals surface area contributed by atoms with E-state index in [-0.39, 0.29) is 6.61 Å². The summed E-state index contributed by atoms with van der Waals surface area (Å²) in [5, 5.41) is 9.59. The molecule has 0 radical (unpaired) electrons. The van der Waals surface area contributed by atoms with Gasteiger partial charge < -0.3 is 14.6 Å². The van der Waals surface area contributed by atoms with Gasteiger partial charge in [-0.05, 0) is 42.2 Å². The number of rotatable bonds is 6. The number of aliphatic hydroxyl groups excluding tert-OH is 1. The van der Waals surface area contributed by atoms with Crippen LogP contribution in [0.1, 0.15) is 23.1 Å². The van der Waals surface area contributed by atoms with E-state index in [0.29, 0.717) is 19.3 Å². The van der Waals surface area contributed by atoms with Gasteiger partial charge in [-0.25, -0.2) is 0 Å². The molecule has 0 aromatic heterocycles. The third kappa shape index (κ3) is 4.49. The predicted molar refractivity (Wildman–Crippen MR) is 110 cm³/mol. The highest BCUT2D eigenvalue weighted by Crippen LogP contribution is 2.31. The van der Waals surface area contributed by atoms with Gasteiger partial charge in [-0.1, -0.05) is 30.3 Å². The minimum Gasteiger partial charge on any atom is -0.486 e. The summed E-state index contributed by atoms with van der Waals surface area (Å²) in [6, 6.07) is 15.2. The van der Waals surface area contributed by atoms with Crippen LogP contribution in [0.2, 0.25) is 0 Å². The van der Waals surface area contributed by atoms with E-state index in [1.807, 2.05) is 6.07 Å². The molecule has 5 nitrogen and oxygen atoms in total. The monoisotopic (exact) mass is 382 g/mol. The number of piperazine rings is 1. The molecular weight excluding hydrogens is 352 g/mol. The summed E-state index contributed by atoms with van der Waals surface area (Å²) < 4.78 is 11.3. The third-order valence-electron chi connectivity index (χ3n) is 5.80. The second kappa shape index (κ2) is 8.95. The second-order valence-electron chi connectivity index (χ2n) is 7.78. The summed E-state index contributed by atoms with van der Waals surface area (Å²) in [5.74, 6) is 1.70. The number of hydrogen-bond donors (Lipinski definition) is 1. The molecule has 150 valence electrons. The zero-order valence-corrected chi connectivity index (χ0v) is 16.6. The molecule has 5 heteroatoms. The van der Waals surface area contributed by atoms with Gasteiger partial charge >= 0.3 is 0 Å². The topological polar surface area (TPSA) is 45.2 Å². The van der Waals surface area contributed by atoms with Crippen LogP contribution in [-0.2, 0) is 13.1 Å². The molecule has 0 saturated carbocycles. The lowest BCUT2D eigenvalue weighted by atomic mass is 10.0. The molecule has 0 unspecified atom stereocenters. The van der Waals surface area contributed by atoms with Crippen LogP contribution in [0.5, 0.6) is 11.5 Å². The van der Waals surface area contributed by atoms with Crippen molar-refractivity contribution < 1.29 is 14.6 Å². The van der Waals surface area contributed by atoms with Crippen molar-refractivity contribution in [3.8, 4) is 11.5 Å². The normalized spacial score (nSPS) is 20.3. The Morgan fingerprint density at radius 1 is 1.00 bits per heavy atom. The first-order chi connectivity index (χ1) is 13.7. The molecule has 2 aromatic carbocycles. The van der Waals surface area contributed by atoms with Crippen molar-refractivity contribution in [3.63, 3.8) is 0 Å². The zero-order valence-electron chi connectivity index (χ0n) is 16.6. The van der Waals surface area contributed by atoms with E-state index >= 15 is 0 Å². The van der Waals surface area contributed by atoms with Gasteiger partial charge in [0.05, 0.1) is 0 Å². The van der Waals surface area contributed by atoms with Gasteiger partial charge in [0.25, 0.3) is 0 Å². The maximum atomic E-state index is 9.59. The van der Waals surface area contributed by atoms with Crippen LogP contribution in [0.3, 0.4) is 0 Å². The molecule has 0 spiro atoms. The molecule has 2 heterocycles. The van der Waals surface area contributed by atoms with Gasteiger partial charge in [0.2, 0.25) is 0 Å². The fourth-order valence-electron chi connectivity index (χ4n) is 4.18. The van der Waals surface area contributed by atoms with Crippen LogP contribution in [-0.4, -0.2) is 60.4 Å². The van der Waals surface area contributed by atoms with Crippen molar-refractivity contribution in [1.29, 1.82) is 0 Å². The van der Waals surface area contributed by atoms with Gasteiger partial charge in [0.1, 0.15) is 13.2 Å². The molecule has 2 aliphatic heterocycles. The Morgan fingerprint density at radius 3 is 2.64 bits per heavy atom. The maximum absolute atomic E-state index is 9.59. The lowest BCUT2D eigenvalue weighted by Crippen LogP contribution is -2.52. The standard InChI is InChI=1S/C23H30N2O3/c1-18-4-2-3-5-20(18)16-25-10-9-24(17-21(25)8-11-26)15-19-6-7-22-23(14-19)28-13-12-27-22/h2-7,14,21,26H,8-13,15-17H2,1H3/t21-/m0/s1. The molecule has 2 aromatic rings. The van der Waals surface area contributed by atoms with Crippen LogP contribution in [0, 0.1) is 6.92 Å². The van der Waals surface area contributed by atoms with Crippen molar-refractivity contribution in [2.75, 3.05) is 39.5 Å². The summed E-state index contributed by atoms with van der Waals surface area (Å²) in [5.41, 5.74) is 3.97. The number of fused-ring (bicyclic) bond motifs is 1. The first kappa shape index (κ1) is 19.2. The number of aliphatic hydroxyl groups is 1. The molecule has 1 fully saturated rings. The molecule has 0 amide bonds. The summed E-state index contributed by atoms with van der Waals surface area (Å²) in [6.45, 7) is 8.52. The highest BCUT2D eigenvalue weighted by atomic mass is 16.6. The summed E-state index contributed by atoms with van der Waals surface area (Å²) in [6.07, 6.45) is 0.809. The Labute approximate surface area is 167 Å². The average Bonchev–Trinajstić information content (AvgIpc) is 2.71. The van der Waals surface area contributed by atoms with E-state index in [0.717, 1.165) is 50.6 Å². The predicted octanol–water partition coefficient (Wildman–Crippen LogP) is 2.84. The van der Waals surface area contributed by atoms with Crippen molar-refractivity contribution in [1.82, 2.24) is 9.80 Å². The van der Waals surface area contributed by atoms with Gasteiger partial charge in [-0.15, -0.1) is 0 Å². The quantitative estimate of drug-likeness (QED) is 0.832. The minimum atomic E-state index is 0.229. The van der Waals surface area contributed by atoms with E-state index in [9.17, 15) is 5.11 Å². The van der Waals surface area contributed by atoms with Crippen molar-refractivity contribution in [2.45, 2.75) is 32.5 Å². The number of benzene rings is 2. The van der Waals surface area contributed by atoms with E-state index in [4.69, 9.17) is 9.47 Å². The lowest BCUT2D eigenvalue weighted by Gasteiger charge is -2.41. The van der Waals surface area contributed by atoms with Crippen LogP contribution in [0.25, 0.3) is 0 Å². The highest BCUT2D eigenvalue weighted by Gasteiger charge is 2.27. The Morgan fingerprint density at radius 2 is 1.82 bits per heavy atom. The number of hydrogen-bond acceptors (Lipinski definition) is 5. The highest BCUT2D eigenvalue weighted by molar-refractivity contribution is 5.43. The number of aryl methyl sites for hydroxylation is 1. The number of ether oxygens (including phenoxy) is 2. The Kier molecular flexibility index (Phi) is 6.15.